The molecular formula is C16H14ClF2N. The van der Waals surface area contributed by atoms with Gasteiger partial charge in [-0.3, -0.25) is 0 Å². The molecule has 0 aromatic heterocycles. The molecule has 0 spiro atoms. The highest BCUT2D eigenvalue weighted by Gasteiger charge is 2.19. The van der Waals surface area contributed by atoms with Crippen molar-refractivity contribution in [1.29, 1.82) is 0 Å². The molecule has 1 fully saturated rings. The van der Waals surface area contributed by atoms with Gasteiger partial charge in [-0.05, 0) is 36.1 Å². The SMILES string of the molecule is Fc1cc(Cl)c(-c2ccc(CNC3CC3)cc2)cc1F. The van der Waals surface area contributed by atoms with Gasteiger partial charge in [0.15, 0.2) is 11.6 Å². The quantitative estimate of drug-likeness (QED) is 0.816. The standard InChI is InChI=1S/C16H14ClF2N/c17-14-8-16(19)15(18)7-13(14)11-3-1-10(2-4-11)9-20-12-5-6-12/h1-4,7-8,12,20H,5-6,9H2. The Hall–Kier alpha value is -1.45. The summed E-state index contributed by atoms with van der Waals surface area (Å²) >= 11 is 5.97. The number of halogens is 3. The topological polar surface area (TPSA) is 12.0 Å². The van der Waals surface area contributed by atoms with E-state index in [1.807, 2.05) is 24.3 Å². The van der Waals surface area contributed by atoms with Gasteiger partial charge in [-0.1, -0.05) is 35.9 Å². The van der Waals surface area contributed by atoms with Crippen molar-refractivity contribution in [1.82, 2.24) is 5.32 Å². The number of hydrogen-bond donors (Lipinski definition) is 1. The average molecular weight is 294 g/mol. The fraction of sp³-hybridized carbons (Fsp3) is 0.250. The van der Waals surface area contributed by atoms with Crippen molar-refractivity contribution in [3.8, 4) is 11.1 Å². The maximum absolute atomic E-state index is 13.3. The molecule has 2 aromatic carbocycles. The third-order valence-corrected chi connectivity index (χ3v) is 3.76. The van der Waals surface area contributed by atoms with E-state index >= 15 is 0 Å². The van der Waals surface area contributed by atoms with Gasteiger partial charge in [0.2, 0.25) is 0 Å². The lowest BCUT2D eigenvalue weighted by molar-refractivity contribution is 0.509. The lowest BCUT2D eigenvalue weighted by atomic mass is 10.0. The Balaban J connectivity index is 1.81. The van der Waals surface area contributed by atoms with Crippen LogP contribution in [0.2, 0.25) is 5.02 Å². The van der Waals surface area contributed by atoms with Crippen LogP contribution in [0.15, 0.2) is 36.4 Å². The number of benzene rings is 2. The van der Waals surface area contributed by atoms with E-state index in [4.69, 9.17) is 11.6 Å². The molecule has 2 aromatic rings. The molecule has 104 valence electrons. The van der Waals surface area contributed by atoms with Gasteiger partial charge in [0.25, 0.3) is 0 Å². The molecule has 1 N–H and O–H groups in total. The van der Waals surface area contributed by atoms with Crippen LogP contribution in [0.1, 0.15) is 18.4 Å². The van der Waals surface area contributed by atoms with Gasteiger partial charge >= 0.3 is 0 Å². The molecule has 1 nitrogen and oxygen atoms in total. The minimum atomic E-state index is -0.927. The first-order valence-electron chi connectivity index (χ1n) is 6.61. The minimum absolute atomic E-state index is 0.216. The minimum Gasteiger partial charge on any atom is -0.310 e. The normalized spacial score (nSPS) is 14.6. The highest BCUT2D eigenvalue weighted by atomic mass is 35.5. The summed E-state index contributed by atoms with van der Waals surface area (Å²) in [6.07, 6.45) is 2.51. The Labute approximate surface area is 121 Å². The summed E-state index contributed by atoms with van der Waals surface area (Å²) in [5, 5.41) is 3.64. The van der Waals surface area contributed by atoms with Gasteiger partial charge in [0, 0.05) is 18.2 Å². The molecule has 0 atom stereocenters. The molecule has 3 rings (SSSR count). The second-order valence-electron chi connectivity index (χ2n) is 5.10. The molecule has 1 saturated carbocycles. The summed E-state index contributed by atoms with van der Waals surface area (Å²) < 4.78 is 26.4. The first kappa shape index (κ1) is 13.5. The Morgan fingerprint density at radius 2 is 1.70 bits per heavy atom. The van der Waals surface area contributed by atoms with E-state index in [1.165, 1.54) is 18.4 Å². The van der Waals surface area contributed by atoms with Crippen LogP contribution in [0.5, 0.6) is 0 Å². The zero-order valence-corrected chi connectivity index (χ0v) is 11.6. The second-order valence-corrected chi connectivity index (χ2v) is 5.51. The molecule has 1 aliphatic rings. The van der Waals surface area contributed by atoms with Crippen LogP contribution in [0.3, 0.4) is 0 Å². The Bertz CT molecular complexity index is 621. The maximum Gasteiger partial charge on any atom is 0.160 e. The number of nitrogens with one attached hydrogen (secondary N) is 1. The van der Waals surface area contributed by atoms with Crippen molar-refractivity contribution in [2.45, 2.75) is 25.4 Å². The molecule has 1 aliphatic carbocycles. The number of rotatable bonds is 4. The fourth-order valence-electron chi connectivity index (χ4n) is 2.10. The van der Waals surface area contributed by atoms with E-state index in [9.17, 15) is 8.78 Å². The monoisotopic (exact) mass is 293 g/mol. The van der Waals surface area contributed by atoms with E-state index in [1.54, 1.807) is 0 Å². The molecule has 0 unspecified atom stereocenters. The van der Waals surface area contributed by atoms with Gasteiger partial charge in [-0.2, -0.15) is 0 Å². The van der Waals surface area contributed by atoms with Crippen molar-refractivity contribution in [3.05, 3.63) is 58.6 Å². The molecule has 0 radical (unpaired) electrons. The molecular weight excluding hydrogens is 280 g/mol. The van der Waals surface area contributed by atoms with E-state index in [2.05, 4.69) is 5.32 Å². The van der Waals surface area contributed by atoms with Gasteiger partial charge < -0.3 is 5.32 Å². The van der Waals surface area contributed by atoms with E-state index in [-0.39, 0.29) is 5.02 Å². The van der Waals surface area contributed by atoms with E-state index in [0.29, 0.717) is 11.6 Å². The third kappa shape index (κ3) is 3.00. The van der Waals surface area contributed by atoms with Crippen molar-refractivity contribution in [2.24, 2.45) is 0 Å². The highest BCUT2D eigenvalue weighted by Crippen LogP contribution is 2.30. The molecule has 0 heterocycles. The fourth-order valence-corrected chi connectivity index (χ4v) is 2.36. The van der Waals surface area contributed by atoms with Gasteiger partial charge in [-0.15, -0.1) is 0 Å². The summed E-state index contributed by atoms with van der Waals surface area (Å²) in [5.74, 6) is -1.81. The second kappa shape index (κ2) is 5.51. The first-order valence-corrected chi connectivity index (χ1v) is 6.98. The predicted octanol–water partition coefficient (Wildman–Crippen LogP) is 4.54. The average Bonchev–Trinajstić information content (AvgIpc) is 3.25. The van der Waals surface area contributed by atoms with Crippen molar-refractivity contribution in [3.63, 3.8) is 0 Å². The lowest BCUT2D eigenvalue weighted by Gasteiger charge is -2.08. The molecule has 0 saturated heterocycles. The molecule has 0 aliphatic heterocycles. The van der Waals surface area contributed by atoms with Crippen LogP contribution in [0.4, 0.5) is 8.78 Å². The molecule has 0 amide bonds. The van der Waals surface area contributed by atoms with Gasteiger partial charge in [-0.25, -0.2) is 8.78 Å². The van der Waals surface area contributed by atoms with E-state index < -0.39 is 11.6 Å². The highest BCUT2D eigenvalue weighted by molar-refractivity contribution is 6.33. The Morgan fingerprint density at radius 1 is 1.05 bits per heavy atom. The van der Waals surface area contributed by atoms with Crippen molar-refractivity contribution >= 4 is 11.6 Å². The lowest BCUT2D eigenvalue weighted by Crippen LogP contribution is -2.14. The summed E-state index contributed by atoms with van der Waals surface area (Å²) in [4.78, 5) is 0. The first-order chi connectivity index (χ1) is 9.63. The molecule has 20 heavy (non-hydrogen) atoms. The summed E-state index contributed by atoms with van der Waals surface area (Å²) in [7, 11) is 0. The zero-order valence-electron chi connectivity index (χ0n) is 10.8. The third-order valence-electron chi connectivity index (χ3n) is 3.45. The summed E-state index contributed by atoms with van der Waals surface area (Å²) in [6.45, 7) is 0.830. The number of hydrogen-bond acceptors (Lipinski definition) is 1. The Kier molecular flexibility index (Phi) is 3.72. The summed E-state index contributed by atoms with van der Waals surface area (Å²) in [5.41, 5.74) is 2.45. The largest absolute Gasteiger partial charge is 0.310 e. The summed E-state index contributed by atoms with van der Waals surface area (Å²) in [6, 6.07) is 10.5. The van der Waals surface area contributed by atoms with Crippen LogP contribution in [-0.4, -0.2) is 6.04 Å². The van der Waals surface area contributed by atoms with Crippen LogP contribution in [-0.2, 0) is 6.54 Å². The van der Waals surface area contributed by atoms with Crippen molar-refractivity contribution < 1.29 is 8.78 Å². The van der Waals surface area contributed by atoms with E-state index in [0.717, 1.165) is 24.2 Å². The van der Waals surface area contributed by atoms with Crippen molar-refractivity contribution in [2.75, 3.05) is 0 Å². The molecule has 0 bridgehead atoms. The van der Waals surface area contributed by atoms with Crippen LogP contribution < -0.4 is 5.32 Å². The predicted molar refractivity (Wildman–Crippen MR) is 76.7 cm³/mol. The van der Waals surface area contributed by atoms with Crippen LogP contribution in [0, 0.1) is 11.6 Å². The smallest absolute Gasteiger partial charge is 0.160 e. The van der Waals surface area contributed by atoms with Gasteiger partial charge in [0.05, 0.1) is 5.02 Å². The molecule has 4 heteroatoms. The van der Waals surface area contributed by atoms with Crippen LogP contribution in [0.25, 0.3) is 11.1 Å². The zero-order chi connectivity index (χ0) is 14.1. The van der Waals surface area contributed by atoms with Gasteiger partial charge in [0.1, 0.15) is 0 Å². The maximum atomic E-state index is 13.3. The Morgan fingerprint density at radius 3 is 2.35 bits per heavy atom. The van der Waals surface area contributed by atoms with Crippen LogP contribution >= 0.6 is 11.6 Å².